The minimum Gasteiger partial charge on any atom is -0.378 e. The molecule has 6 nitrogen and oxygen atoms in total. The van der Waals surface area contributed by atoms with Gasteiger partial charge in [0.05, 0.1) is 5.60 Å². The van der Waals surface area contributed by atoms with Crippen molar-refractivity contribution in [2.45, 2.75) is 45.6 Å². The van der Waals surface area contributed by atoms with Crippen LogP contribution < -0.4 is 10.2 Å². The molecular formula is C15H29N5O. The highest BCUT2D eigenvalue weighted by atomic mass is 16.5. The second-order valence-corrected chi connectivity index (χ2v) is 6.46. The summed E-state index contributed by atoms with van der Waals surface area (Å²) in [4.78, 5) is 6.90. The quantitative estimate of drug-likeness (QED) is 0.800. The first-order chi connectivity index (χ1) is 10.0. The Bertz CT molecular complexity index is 423. The summed E-state index contributed by atoms with van der Waals surface area (Å²) in [6.07, 6.45) is 3.16. The molecule has 0 aliphatic carbocycles. The smallest absolute Gasteiger partial charge is 0.244 e. The number of hydrogen-bond donors (Lipinski definition) is 2. The average molecular weight is 295 g/mol. The van der Waals surface area contributed by atoms with E-state index >= 15 is 0 Å². The summed E-state index contributed by atoms with van der Waals surface area (Å²) >= 11 is 0. The summed E-state index contributed by atoms with van der Waals surface area (Å²) in [5.41, 5.74) is -0.213. The molecule has 1 aliphatic rings. The number of rotatable bonds is 7. The fourth-order valence-corrected chi connectivity index (χ4v) is 2.67. The van der Waals surface area contributed by atoms with Gasteiger partial charge in [0.15, 0.2) is 0 Å². The molecule has 2 heterocycles. The Morgan fingerprint density at radius 2 is 2.10 bits per heavy atom. The van der Waals surface area contributed by atoms with Crippen molar-refractivity contribution in [3.05, 3.63) is 5.82 Å². The van der Waals surface area contributed by atoms with Crippen LogP contribution in [0.3, 0.4) is 0 Å². The normalized spacial score (nSPS) is 17.4. The maximum atomic E-state index is 5.44. The van der Waals surface area contributed by atoms with Crippen LogP contribution in [0, 0.1) is 5.92 Å². The lowest BCUT2D eigenvalue weighted by atomic mass is 9.97. The van der Waals surface area contributed by atoms with Gasteiger partial charge >= 0.3 is 0 Å². The van der Waals surface area contributed by atoms with Crippen molar-refractivity contribution >= 4 is 5.95 Å². The summed E-state index contributed by atoms with van der Waals surface area (Å²) in [5.74, 6) is 2.51. The summed E-state index contributed by atoms with van der Waals surface area (Å²) in [6.45, 7) is 10.5. The van der Waals surface area contributed by atoms with E-state index in [-0.39, 0.29) is 5.60 Å². The van der Waals surface area contributed by atoms with Crippen LogP contribution in [0.2, 0.25) is 0 Å². The lowest BCUT2D eigenvalue weighted by Crippen LogP contribution is -2.37. The molecule has 21 heavy (non-hydrogen) atoms. The third-order valence-electron chi connectivity index (χ3n) is 4.25. The van der Waals surface area contributed by atoms with Crippen LogP contribution in [0.4, 0.5) is 5.95 Å². The number of aromatic nitrogens is 3. The summed E-state index contributed by atoms with van der Waals surface area (Å²) in [7, 11) is 1.73. The number of anilines is 1. The fraction of sp³-hybridized carbons (Fsp3) is 0.867. The molecule has 0 radical (unpaired) electrons. The summed E-state index contributed by atoms with van der Waals surface area (Å²) in [5, 5.41) is 10.8. The maximum absolute atomic E-state index is 5.44. The number of hydrogen-bond acceptors (Lipinski definition) is 5. The van der Waals surface area contributed by atoms with Gasteiger partial charge in [-0.2, -0.15) is 4.98 Å². The van der Waals surface area contributed by atoms with Crippen molar-refractivity contribution in [3.63, 3.8) is 0 Å². The Labute approximate surface area is 127 Å². The van der Waals surface area contributed by atoms with Gasteiger partial charge in [-0.25, -0.2) is 0 Å². The first kappa shape index (κ1) is 16.2. The molecule has 1 aromatic rings. The molecule has 0 spiro atoms. The Morgan fingerprint density at radius 1 is 1.38 bits per heavy atom. The van der Waals surface area contributed by atoms with Crippen molar-refractivity contribution in [3.8, 4) is 0 Å². The molecule has 0 atom stereocenters. The lowest BCUT2D eigenvalue weighted by Gasteiger charge is -2.31. The van der Waals surface area contributed by atoms with Crippen LogP contribution in [0.25, 0.3) is 0 Å². The summed E-state index contributed by atoms with van der Waals surface area (Å²) in [6, 6.07) is 0. The molecular weight excluding hydrogens is 266 g/mol. The van der Waals surface area contributed by atoms with Gasteiger partial charge in [0.25, 0.3) is 0 Å². The van der Waals surface area contributed by atoms with Crippen molar-refractivity contribution in [1.29, 1.82) is 0 Å². The zero-order valence-corrected chi connectivity index (χ0v) is 13.8. The molecule has 1 saturated heterocycles. The maximum Gasteiger partial charge on any atom is 0.244 e. The Balaban J connectivity index is 1.85. The van der Waals surface area contributed by atoms with E-state index in [1.165, 1.54) is 12.8 Å². The second kappa shape index (κ2) is 7.22. The average Bonchev–Trinajstić information content (AvgIpc) is 2.93. The first-order valence-corrected chi connectivity index (χ1v) is 7.96. The molecule has 0 amide bonds. The zero-order valence-electron chi connectivity index (χ0n) is 13.8. The van der Waals surface area contributed by atoms with Gasteiger partial charge in [-0.05, 0) is 45.7 Å². The van der Waals surface area contributed by atoms with Gasteiger partial charge in [0.2, 0.25) is 5.95 Å². The lowest BCUT2D eigenvalue weighted by molar-refractivity contribution is 0.0216. The van der Waals surface area contributed by atoms with E-state index in [1.54, 1.807) is 7.11 Å². The number of piperidine rings is 1. The Hall–Kier alpha value is -1.14. The van der Waals surface area contributed by atoms with Crippen LogP contribution in [-0.2, 0) is 11.2 Å². The van der Waals surface area contributed by atoms with Crippen molar-refractivity contribution in [2.24, 2.45) is 5.92 Å². The Morgan fingerprint density at radius 3 is 2.71 bits per heavy atom. The molecule has 0 aromatic carbocycles. The molecule has 1 aromatic heterocycles. The third kappa shape index (κ3) is 4.68. The highest BCUT2D eigenvalue weighted by molar-refractivity contribution is 5.29. The molecule has 1 fully saturated rings. The van der Waals surface area contributed by atoms with E-state index in [4.69, 9.17) is 4.74 Å². The largest absolute Gasteiger partial charge is 0.378 e. The highest BCUT2D eigenvalue weighted by Crippen LogP contribution is 2.21. The molecule has 6 heteroatoms. The van der Waals surface area contributed by atoms with Crippen LogP contribution in [0.5, 0.6) is 0 Å². The molecule has 0 bridgehead atoms. The number of H-pyrrole nitrogens is 1. The van der Waals surface area contributed by atoms with E-state index in [0.29, 0.717) is 0 Å². The van der Waals surface area contributed by atoms with Gasteiger partial charge in [0.1, 0.15) is 5.82 Å². The molecule has 2 N–H and O–H groups in total. The summed E-state index contributed by atoms with van der Waals surface area (Å²) < 4.78 is 5.44. The predicted octanol–water partition coefficient (Wildman–Crippen LogP) is 1.60. The van der Waals surface area contributed by atoms with E-state index in [1.807, 2.05) is 0 Å². The fourth-order valence-electron chi connectivity index (χ4n) is 2.67. The van der Waals surface area contributed by atoms with Crippen LogP contribution in [0.1, 0.15) is 39.4 Å². The van der Waals surface area contributed by atoms with Gasteiger partial charge in [-0.3, -0.25) is 5.10 Å². The number of nitrogens with zero attached hydrogens (tertiary/aromatic N) is 3. The molecule has 120 valence electrons. The Kier molecular flexibility index (Phi) is 5.58. The van der Waals surface area contributed by atoms with Crippen LogP contribution in [0.15, 0.2) is 0 Å². The minimum absolute atomic E-state index is 0.213. The van der Waals surface area contributed by atoms with E-state index in [9.17, 15) is 0 Å². The first-order valence-electron chi connectivity index (χ1n) is 7.96. The highest BCUT2D eigenvalue weighted by Gasteiger charge is 2.23. The number of nitrogens with one attached hydrogen (secondary N) is 2. The number of aromatic amines is 1. The monoisotopic (exact) mass is 295 g/mol. The van der Waals surface area contributed by atoms with Gasteiger partial charge in [-0.15, -0.1) is 5.10 Å². The van der Waals surface area contributed by atoms with E-state index in [0.717, 1.165) is 50.3 Å². The number of methoxy groups -OCH3 is 1. The molecule has 0 unspecified atom stereocenters. The van der Waals surface area contributed by atoms with Crippen LogP contribution >= 0.6 is 0 Å². The predicted molar refractivity (Wildman–Crippen MR) is 84.7 cm³/mol. The van der Waals surface area contributed by atoms with Gasteiger partial charge < -0.3 is 15.0 Å². The second-order valence-electron chi connectivity index (χ2n) is 6.46. The van der Waals surface area contributed by atoms with Gasteiger partial charge in [-0.1, -0.05) is 6.92 Å². The standard InChI is InChI=1S/C15H29N5O/c1-5-16-11-12-6-8-20(9-7-12)14-17-13(18-19-14)10-15(2,3)21-4/h12,16H,5-11H2,1-4H3,(H,17,18,19). The van der Waals surface area contributed by atoms with Crippen molar-refractivity contribution in [1.82, 2.24) is 20.5 Å². The molecule has 0 saturated carbocycles. The minimum atomic E-state index is -0.213. The van der Waals surface area contributed by atoms with E-state index in [2.05, 4.69) is 46.2 Å². The topological polar surface area (TPSA) is 66.1 Å². The third-order valence-corrected chi connectivity index (χ3v) is 4.25. The SMILES string of the molecule is CCNCC1CCN(c2n[nH]c(CC(C)(C)OC)n2)CC1. The van der Waals surface area contributed by atoms with E-state index < -0.39 is 0 Å². The number of ether oxygens (including phenoxy) is 1. The van der Waals surface area contributed by atoms with Crippen molar-refractivity contribution in [2.75, 3.05) is 38.2 Å². The molecule has 2 rings (SSSR count). The van der Waals surface area contributed by atoms with Crippen LogP contribution in [-0.4, -0.2) is 54.1 Å². The zero-order chi connectivity index (χ0) is 15.3. The molecule has 1 aliphatic heterocycles. The van der Waals surface area contributed by atoms with Gasteiger partial charge in [0, 0.05) is 26.6 Å². The van der Waals surface area contributed by atoms with Crippen molar-refractivity contribution < 1.29 is 4.74 Å².